The first kappa shape index (κ1) is 18.7. The second kappa shape index (κ2) is 8.07. The fourth-order valence-electron chi connectivity index (χ4n) is 3.02. The molecule has 1 heterocycles. The zero-order valence-electron chi connectivity index (χ0n) is 15.1. The van der Waals surface area contributed by atoms with Crippen LogP contribution >= 0.6 is 0 Å². The highest BCUT2D eigenvalue weighted by atomic mass is 19.1. The van der Waals surface area contributed by atoms with Crippen molar-refractivity contribution in [2.24, 2.45) is 5.92 Å². The molecule has 1 aliphatic heterocycles. The van der Waals surface area contributed by atoms with E-state index in [-0.39, 0.29) is 31.2 Å². The van der Waals surface area contributed by atoms with Gasteiger partial charge in [0.1, 0.15) is 12.4 Å². The number of amides is 1. The van der Waals surface area contributed by atoms with Gasteiger partial charge in [0.25, 0.3) is 0 Å². The molecule has 27 heavy (non-hydrogen) atoms. The van der Waals surface area contributed by atoms with E-state index in [0.29, 0.717) is 17.0 Å². The average Bonchev–Trinajstić information content (AvgIpc) is 3.07. The van der Waals surface area contributed by atoms with Crippen molar-refractivity contribution in [3.05, 3.63) is 53.8 Å². The quantitative estimate of drug-likeness (QED) is 0.729. The van der Waals surface area contributed by atoms with E-state index in [1.807, 2.05) is 6.07 Å². The monoisotopic (exact) mass is 373 g/mol. The summed E-state index contributed by atoms with van der Waals surface area (Å²) in [7, 11) is 2.90. The highest BCUT2D eigenvalue weighted by Gasteiger charge is 2.37. The maximum atomic E-state index is 13.7. The molecule has 0 aliphatic carbocycles. The summed E-state index contributed by atoms with van der Waals surface area (Å²) in [6.07, 6.45) is 0.0633. The van der Waals surface area contributed by atoms with Crippen molar-refractivity contribution in [3.8, 4) is 11.5 Å². The summed E-state index contributed by atoms with van der Waals surface area (Å²) in [5.41, 5.74) is 1.13. The summed E-state index contributed by atoms with van der Waals surface area (Å²) in [5, 5.41) is 0. The predicted octanol–water partition coefficient (Wildman–Crippen LogP) is 2.94. The first-order valence-corrected chi connectivity index (χ1v) is 8.46. The van der Waals surface area contributed by atoms with Crippen molar-refractivity contribution in [3.63, 3.8) is 0 Å². The molecule has 3 rings (SSSR count). The fraction of sp³-hybridized carbons (Fsp3) is 0.300. The molecule has 0 aromatic heterocycles. The van der Waals surface area contributed by atoms with Crippen LogP contribution in [-0.4, -0.2) is 32.6 Å². The van der Waals surface area contributed by atoms with Crippen LogP contribution in [0.2, 0.25) is 0 Å². The lowest BCUT2D eigenvalue weighted by molar-refractivity contribution is -0.149. The molecule has 2 aromatic rings. The molecule has 0 saturated carbocycles. The van der Waals surface area contributed by atoms with Crippen molar-refractivity contribution in [2.45, 2.75) is 13.0 Å². The molecule has 0 radical (unpaired) electrons. The van der Waals surface area contributed by atoms with E-state index in [2.05, 4.69) is 0 Å². The lowest BCUT2D eigenvalue weighted by Gasteiger charge is -2.19. The number of carbonyl (C=O) groups is 2. The molecule has 1 aliphatic rings. The number of nitrogens with zero attached hydrogens (tertiary/aromatic N) is 1. The van der Waals surface area contributed by atoms with E-state index in [9.17, 15) is 14.0 Å². The minimum Gasteiger partial charge on any atom is -0.495 e. The van der Waals surface area contributed by atoms with Crippen LogP contribution in [0.15, 0.2) is 42.5 Å². The normalized spacial score (nSPS) is 16.3. The molecule has 1 saturated heterocycles. The Bertz CT molecular complexity index is 854. The van der Waals surface area contributed by atoms with Gasteiger partial charge in [-0.3, -0.25) is 9.59 Å². The molecule has 0 bridgehead atoms. The Morgan fingerprint density at radius 2 is 1.89 bits per heavy atom. The van der Waals surface area contributed by atoms with Crippen LogP contribution in [-0.2, 0) is 20.9 Å². The number of methoxy groups -OCH3 is 2. The number of esters is 1. The van der Waals surface area contributed by atoms with E-state index in [0.717, 1.165) is 0 Å². The number of hydrogen-bond donors (Lipinski definition) is 0. The maximum absolute atomic E-state index is 13.7. The molecule has 1 amide bonds. The van der Waals surface area contributed by atoms with Gasteiger partial charge in [0.15, 0.2) is 11.6 Å². The van der Waals surface area contributed by atoms with E-state index in [1.165, 1.54) is 31.3 Å². The average molecular weight is 373 g/mol. The van der Waals surface area contributed by atoms with Crippen LogP contribution in [0.3, 0.4) is 0 Å². The Morgan fingerprint density at radius 3 is 2.59 bits per heavy atom. The van der Waals surface area contributed by atoms with Crippen molar-refractivity contribution >= 4 is 17.6 Å². The van der Waals surface area contributed by atoms with E-state index in [1.54, 1.807) is 24.3 Å². The summed E-state index contributed by atoms with van der Waals surface area (Å²) in [5.74, 6) is -1.07. The maximum Gasteiger partial charge on any atom is 0.311 e. The lowest BCUT2D eigenvalue weighted by Crippen LogP contribution is -2.26. The Hall–Kier alpha value is -3.09. The summed E-state index contributed by atoms with van der Waals surface area (Å²) in [6.45, 7) is 0.147. The number of halogens is 1. The topological polar surface area (TPSA) is 65.1 Å². The number of anilines is 1. The molecule has 0 spiro atoms. The Balaban J connectivity index is 1.63. The molecular weight excluding hydrogens is 353 g/mol. The molecule has 142 valence electrons. The minimum absolute atomic E-state index is 0.0633. The third kappa shape index (κ3) is 4.02. The fourth-order valence-corrected chi connectivity index (χ4v) is 3.02. The van der Waals surface area contributed by atoms with E-state index >= 15 is 0 Å². The SMILES string of the molecule is COc1ccc(COC(=O)[C@@H]2CC(=O)N(c3ccccc3OC)C2)cc1F. The molecule has 2 aromatic carbocycles. The van der Waals surface area contributed by atoms with Gasteiger partial charge in [-0.15, -0.1) is 0 Å². The number of ether oxygens (including phenoxy) is 3. The Kier molecular flexibility index (Phi) is 5.59. The van der Waals surface area contributed by atoms with Gasteiger partial charge < -0.3 is 19.1 Å². The van der Waals surface area contributed by atoms with Gasteiger partial charge in [0.05, 0.1) is 25.8 Å². The molecule has 6 nitrogen and oxygen atoms in total. The minimum atomic E-state index is -0.578. The third-order valence-electron chi connectivity index (χ3n) is 4.43. The van der Waals surface area contributed by atoms with E-state index in [4.69, 9.17) is 14.2 Å². The molecule has 1 fully saturated rings. The second-order valence-corrected chi connectivity index (χ2v) is 6.15. The van der Waals surface area contributed by atoms with Crippen LogP contribution in [0.5, 0.6) is 11.5 Å². The number of rotatable bonds is 6. The molecular formula is C20H20FNO5. The summed E-state index contributed by atoms with van der Waals surface area (Å²) < 4.78 is 29.1. The van der Waals surface area contributed by atoms with Crippen LogP contribution in [0.4, 0.5) is 10.1 Å². The zero-order valence-corrected chi connectivity index (χ0v) is 15.1. The number of benzene rings is 2. The van der Waals surface area contributed by atoms with Gasteiger partial charge in [-0.25, -0.2) is 4.39 Å². The highest BCUT2D eigenvalue weighted by Crippen LogP contribution is 2.33. The smallest absolute Gasteiger partial charge is 0.311 e. The Labute approximate surface area is 156 Å². The zero-order chi connectivity index (χ0) is 19.4. The van der Waals surface area contributed by atoms with Gasteiger partial charge in [-0.1, -0.05) is 18.2 Å². The number of hydrogen-bond acceptors (Lipinski definition) is 5. The molecule has 1 atom stereocenters. The van der Waals surface area contributed by atoms with Gasteiger partial charge >= 0.3 is 5.97 Å². The van der Waals surface area contributed by atoms with Gasteiger partial charge in [0.2, 0.25) is 5.91 Å². The first-order valence-electron chi connectivity index (χ1n) is 8.46. The summed E-state index contributed by atoms with van der Waals surface area (Å²) in [4.78, 5) is 26.2. The lowest BCUT2D eigenvalue weighted by atomic mass is 10.1. The van der Waals surface area contributed by atoms with Gasteiger partial charge in [-0.2, -0.15) is 0 Å². The van der Waals surface area contributed by atoms with Crippen molar-refractivity contribution < 1.29 is 28.2 Å². The summed E-state index contributed by atoms with van der Waals surface area (Å²) in [6, 6.07) is 11.5. The first-order chi connectivity index (χ1) is 13.0. The van der Waals surface area contributed by atoms with Gasteiger partial charge in [-0.05, 0) is 29.8 Å². The third-order valence-corrected chi connectivity index (χ3v) is 4.43. The van der Waals surface area contributed by atoms with Crippen molar-refractivity contribution in [1.29, 1.82) is 0 Å². The number of carbonyl (C=O) groups excluding carboxylic acids is 2. The second-order valence-electron chi connectivity index (χ2n) is 6.15. The standard InChI is InChI=1S/C20H20FNO5/c1-25-17-8-7-13(9-15(17)21)12-27-20(24)14-10-19(23)22(11-14)16-5-3-4-6-18(16)26-2/h3-9,14H,10-12H2,1-2H3/t14-/m1/s1. The largest absolute Gasteiger partial charge is 0.495 e. The van der Waals surface area contributed by atoms with Crippen molar-refractivity contribution in [2.75, 3.05) is 25.7 Å². The molecule has 0 N–H and O–H groups in total. The summed E-state index contributed by atoms with van der Waals surface area (Å²) >= 11 is 0. The van der Waals surface area contributed by atoms with E-state index < -0.39 is 17.7 Å². The van der Waals surface area contributed by atoms with Crippen LogP contribution in [0.25, 0.3) is 0 Å². The predicted molar refractivity (Wildman–Crippen MR) is 96.2 cm³/mol. The molecule has 7 heteroatoms. The highest BCUT2D eigenvalue weighted by molar-refractivity contribution is 6.00. The van der Waals surface area contributed by atoms with Crippen LogP contribution in [0.1, 0.15) is 12.0 Å². The Morgan fingerprint density at radius 1 is 1.15 bits per heavy atom. The van der Waals surface area contributed by atoms with Gasteiger partial charge in [0, 0.05) is 13.0 Å². The van der Waals surface area contributed by atoms with Crippen LogP contribution < -0.4 is 14.4 Å². The van der Waals surface area contributed by atoms with Crippen molar-refractivity contribution in [1.82, 2.24) is 0 Å². The molecule has 0 unspecified atom stereocenters. The van der Waals surface area contributed by atoms with Crippen LogP contribution in [0, 0.1) is 11.7 Å². The number of para-hydroxylation sites is 2.